The Bertz CT molecular complexity index is 1440. The van der Waals surface area contributed by atoms with Gasteiger partial charge in [0.2, 0.25) is 5.78 Å². The van der Waals surface area contributed by atoms with Gasteiger partial charge in [0.1, 0.15) is 22.8 Å². The number of fused-ring (bicyclic) bond motifs is 3. The van der Waals surface area contributed by atoms with Crippen molar-refractivity contribution in [1.82, 2.24) is 9.88 Å². The number of nitrogens with two attached hydrogens (primary N) is 1. The van der Waals surface area contributed by atoms with Crippen LogP contribution >= 0.6 is 0 Å². The Balaban J connectivity index is 1.74. The van der Waals surface area contributed by atoms with E-state index in [2.05, 4.69) is 4.98 Å². The van der Waals surface area contributed by atoms with Gasteiger partial charge in [-0.15, -0.1) is 0 Å². The molecule has 10 heteroatoms. The highest BCUT2D eigenvalue weighted by Gasteiger charge is 2.64. The maximum Gasteiger partial charge on any atom is 0.255 e. The number of carbonyl (C=O) groups excluding carboxylic acids is 3. The highest BCUT2D eigenvalue weighted by Crippen LogP contribution is 2.53. The Kier molecular flexibility index (Phi) is 5.50. The van der Waals surface area contributed by atoms with Crippen LogP contribution in [0.3, 0.4) is 0 Å². The van der Waals surface area contributed by atoms with Crippen molar-refractivity contribution in [3.8, 4) is 17.0 Å². The number of Topliss-reactive ketones (excluding diaryl/α,β-unsaturated/α-hetero) is 2. The Morgan fingerprint density at radius 1 is 1.14 bits per heavy atom. The van der Waals surface area contributed by atoms with Crippen LogP contribution in [0.1, 0.15) is 23.1 Å². The van der Waals surface area contributed by atoms with E-state index in [0.29, 0.717) is 16.8 Å². The van der Waals surface area contributed by atoms with Crippen LogP contribution in [-0.4, -0.2) is 73.5 Å². The third-order valence-corrected chi connectivity index (χ3v) is 7.79. The Labute approximate surface area is 212 Å². The van der Waals surface area contributed by atoms with Gasteiger partial charge in [0.25, 0.3) is 5.91 Å². The summed E-state index contributed by atoms with van der Waals surface area (Å²) in [6.45, 7) is 1.90. The van der Waals surface area contributed by atoms with Gasteiger partial charge in [0, 0.05) is 23.3 Å². The second-order valence-corrected chi connectivity index (χ2v) is 10.2. The summed E-state index contributed by atoms with van der Waals surface area (Å²) in [4.78, 5) is 45.0. The third-order valence-electron chi connectivity index (χ3n) is 7.79. The number of pyridine rings is 1. The largest absolute Gasteiger partial charge is 0.508 e. The number of nitrogens with zero attached hydrogens (tertiary/aromatic N) is 2. The molecule has 4 atom stereocenters. The molecule has 10 nitrogen and oxygen atoms in total. The molecule has 0 bridgehead atoms. The molecule has 1 saturated carbocycles. The van der Waals surface area contributed by atoms with E-state index in [1.807, 2.05) is 19.1 Å². The maximum absolute atomic E-state index is 13.9. The number of aryl methyl sites for hydroxylation is 1. The number of ketones is 2. The van der Waals surface area contributed by atoms with Gasteiger partial charge >= 0.3 is 0 Å². The van der Waals surface area contributed by atoms with Crippen molar-refractivity contribution in [3.05, 3.63) is 64.1 Å². The van der Waals surface area contributed by atoms with Gasteiger partial charge < -0.3 is 26.2 Å². The molecular formula is C27H27N3O7. The zero-order chi connectivity index (χ0) is 27.0. The number of aliphatic hydroxyl groups excluding tert-OH is 2. The minimum Gasteiger partial charge on any atom is -0.508 e. The first kappa shape index (κ1) is 24.7. The van der Waals surface area contributed by atoms with Crippen LogP contribution in [0.5, 0.6) is 5.75 Å². The van der Waals surface area contributed by atoms with E-state index < -0.39 is 58.0 Å². The molecule has 1 amide bonds. The smallest absolute Gasteiger partial charge is 0.255 e. The van der Waals surface area contributed by atoms with Crippen LogP contribution < -0.4 is 5.73 Å². The summed E-state index contributed by atoms with van der Waals surface area (Å²) in [7, 11) is 3.12. The van der Waals surface area contributed by atoms with E-state index in [0.717, 1.165) is 5.56 Å². The molecule has 3 aliphatic carbocycles. The fourth-order valence-corrected chi connectivity index (χ4v) is 6.11. The Hall–Kier alpha value is -4.02. The summed E-state index contributed by atoms with van der Waals surface area (Å²) in [5.74, 6) is -6.75. The number of aromatic hydroxyl groups is 1. The number of aliphatic hydroxyl groups is 3. The summed E-state index contributed by atoms with van der Waals surface area (Å²) in [6, 6.07) is 5.66. The lowest BCUT2D eigenvalue weighted by Crippen LogP contribution is -2.65. The van der Waals surface area contributed by atoms with Crippen molar-refractivity contribution in [2.24, 2.45) is 17.6 Å². The third kappa shape index (κ3) is 3.32. The van der Waals surface area contributed by atoms with Crippen LogP contribution in [-0.2, 0) is 20.8 Å². The maximum atomic E-state index is 13.9. The standard InChI is InChI=1S/C27H27N3O7/c1-11-4-6-16(29-10-11)13-5-7-17(31)19-14(13)8-12-9-15-21(30(2)3)23(33)20(26(28)36)25(35)27(15,37)24(34)18(12)22(19)32/h4-7,10,12,15,21,31-32,35,37H,8-9H2,1-3H3,(H2,28,36). The molecule has 192 valence electrons. The summed E-state index contributed by atoms with van der Waals surface area (Å²) in [5.41, 5.74) is 4.51. The van der Waals surface area contributed by atoms with Crippen LogP contribution in [0.4, 0.5) is 0 Å². The molecular weight excluding hydrogens is 478 g/mol. The molecule has 0 radical (unpaired) electrons. The van der Waals surface area contributed by atoms with E-state index in [4.69, 9.17) is 5.73 Å². The molecule has 0 aliphatic heterocycles. The summed E-state index contributed by atoms with van der Waals surface area (Å²) >= 11 is 0. The van der Waals surface area contributed by atoms with E-state index in [1.165, 1.54) is 11.0 Å². The number of hydrogen-bond donors (Lipinski definition) is 5. The van der Waals surface area contributed by atoms with E-state index >= 15 is 0 Å². The number of hydrogen-bond acceptors (Lipinski definition) is 9. The molecule has 1 aromatic carbocycles. The van der Waals surface area contributed by atoms with Gasteiger partial charge in [-0.2, -0.15) is 0 Å². The van der Waals surface area contributed by atoms with Crippen molar-refractivity contribution in [2.75, 3.05) is 14.1 Å². The van der Waals surface area contributed by atoms with Gasteiger partial charge in [-0.05, 0) is 69.1 Å². The number of rotatable bonds is 3. The quantitative estimate of drug-likeness (QED) is 0.386. The first-order valence-corrected chi connectivity index (χ1v) is 11.8. The predicted octanol–water partition coefficient (Wildman–Crippen LogP) is 1.33. The van der Waals surface area contributed by atoms with Gasteiger partial charge in [0.05, 0.1) is 17.3 Å². The molecule has 3 aliphatic rings. The number of benzene rings is 1. The second-order valence-electron chi connectivity index (χ2n) is 10.2. The molecule has 6 N–H and O–H groups in total. The average Bonchev–Trinajstić information content (AvgIpc) is 2.82. The van der Waals surface area contributed by atoms with E-state index in [9.17, 15) is 34.8 Å². The highest BCUT2D eigenvalue weighted by atomic mass is 16.3. The molecule has 1 fully saturated rings. The van der Waals surface area contributed by atoms with Crippen molar-refractivity contribution in [1.29, 1.82) is 0 Å². The fourth-order valence-electron chi connectivity index (χ4n) is 6.11. The molecule has 0 saturated heterocycles. The van der Waals surface area contributed by atoms with Gasteiger partial charge in [-0.1, -0.05) is 6.07 Å². The number of phenolic OH excluding ortho intramolecular Hbond substituents is 1. The number of carbonyl (C=O) groups is 3. The van der Waals surface area contributed by atoms with Crippen LogP contribution in [0, 0.1) is 18.8 Å². The molecule has 1 aromatic heterocycles. The minimum absolute atomic E-state index is 0.0299. The SMILES string of the molecule is Cc1ccc(-c2ccc(O)c3c2CC2CC4C(N(C)C)C(=O)C(C(N)=O)=C(O)C4(O)C(=O)C2=C3O)nc1. The predicted molar refractivity (Wildman–Crippen MR) is 132 cm³/mol. The number of likely N-dealkylation sites (N-methyl/N-ethyl adjacent to an activating group) is 1. The van der Waals surface area contributed by atoms with Crippen molar-refractivity contribution < 1.29 is 34.8 Å². The van der Waals surface area contributed by atoms with Crippen LogP contribution in [0.2, 0.25) is 0 Å². The van der Waals surface area contributed by atoms with Crippen molar-refractivity contribution in [2.45, 2.75) is 31.4 Å². The molecule has 37 heavy (non-hydrogen) atoms. The number of aromatic nitrogens is 1. The second kappa shape index (κ2) is 8.25. The molecule has 5 rings (SSSR count). The van der Waals surface area contributed by atoms with Crippen LogP contribution in [0.25, 0.3) is 17.0 Å². The lowest BCUT2D eigenvalue weighted by molar-refractivity contribution is -0.153. The monoisotopic (exact) mass is 505 g/mol. The topological polar surface area (TPSA) is 174 Å². The average molecular weight is 506 g/mol. The molecule has 1 heterocycles. The molecule has 4 unspecified atom stereocenters. The van der Waals surface area contributed by atoms with Crippen LogP contribution in [0.15, 0.2) is 47.4 Å². The number of phenols is 1. The van der Waals surface area contributed by atoms with Crippen molar-refractivity contribution >= 4 is 23.2 Å². The normalized spacial score (nSPS) is 27.2. The Morgan fingerprint density at radius 3 is 2.43 bits per heavy atom. The van der Waals surface area contributed by atoms with Gasteiger partial charge in [-0.25, -0.2) is 0 Å². The zero-order valence-corrected chi connectivity index (χ0v) is 20.5. The highest BCUT2D eigenvalue weighted by molar-refractivity contribution is 6.24. The lowest BCUT2D eigenvalue weighted by atomic mass is 9.57. The summed E-state index contributed by atoms with van der Waals surface area (Å²) in [6.07, 6.45) is 1.93. The lowest BCUT2D eigenvalue weighted by Gasteiger charge is -2.50. The van der Waals surface area contributed by atoms with Crippen molar-refractivity contribution in [3.63, 3.8) is 0 Å². The first-order chi connectivity index (χ1) is 17.4. The molecule has 2 aromatic rings. The van der Waals surface area contributed by atoms with E-state index in [-0.39, 0.29) is 29.7 Å². The van der Waals surface area contributed by atoms with E-state index in [1.54, 1.807) is 26.4 Å². The number of amides is 1. The first-order valence-electron chi connectivity index (χ1n) is 11.8. The fraction of sp³-hybridized carbons (Fsp3) is 0.333. The van der Waals surface area contributed by atoms with Gasteiger partial charge in [0.15, 0.2) is 11.4 Å². The summed E-state index contributed by atoms with van der Waals surface area (Å²) in [5, 5.41) is 44.5. The Morgan fingerprint density at radius 2 is 1.84 bits per heavy atom. The minimum atomic E-state index is -2.66. The number of primary amides is 1. The molecule has 0 spiro atoms. The van der Waals surface area contributed by atoms with Gasteiger partial charge in [-0.3, -0.25) is 24.3 Å². The zero-order valence-electron chi connectivity index (χ0n) is 20.5. The summed E-state index contributed by atoms with van der Waals surface area (Å²) < 4.78 is 0.